The minimum Gasteiger partial charge on any atom is -0.339 e. The summed E-state index contributed by atoms with van der Waals surface area (Å²) in [7, 11) is 0. The van der Waals surface area contributed by atoms with E-state index in [1.165, 1.54) is 24.3 Å². The van der Waals surface area contributed by atoms with Gasteiger partial charge in [-0.3, -0.25) is 0 Å². The highest BCUT2D eigenvalue weighted by molar-refractivity contribution is 5.53. The van der Waals surface area contributed by atoms with Gasteiger partial charge in [-0.1, -0.05) is 29.4 Å². The minimum absolute atomic E-state index is 0.0329. The van der Waals surface area contributed by atoms with Crippen LogP contribution in [0.15, 0.2) is 53.1 Å². The van der Waals surface area contributed by atoms with E-state index in [1.54, 1.807) is 12.1 Å². The topological polar surface area (TPSA) is 51.0 Å². The summed E-state index contributed by atoms with van der Waals surface area (Å²) in [5.41, 5.74) is 0.696. The van der Waals surface area contributed by atoms with Gasteiger partial charge in [0.1, 0.15) is 5.82 Å². The first-order chi connectivity index (χ1) is 13.4. The molecule has 1 aliphatic heterocycles. The minimum atomic E-state index is -4.34. The fourth-order valence-electron chi connectivity index (χ4n) is 3.47. The lowest BCUT2D eigenvalue weighted by Gasteiger charge is -2.28. The average molecular weight is 391 g/mol. The molecule has 28 heavy (non-hydrogen) atoms. The Morgan fingerprint density at radius 2 is 1.75 bits per heavy atom. The molecule has 0 saturated carbocycles. The van der Waals surface area contributed by atoms with E-state index in [1.807, 2.05) is 0 Å². The van der Waals surface area contributed by atoms with Crippen LogP contribution in [-0.2, 0) is 6.18 Å². The summed E-state index contributed by atoms with van der Waals surface area (Å²) >= 11 is 0. The quantitative estimate of drug-likeness (QED) is 0.655. The van der Waals surface area contributed by atoms with Crippen molar-refractivity contribution in [2.45, 2.75) is 24.4 Å². The number of hydrogen-bond acceptors (Lipinski definition) is 4. The lowest BCUT2D eigenvalue weighted by molar-refractivity contribution is -0.137. The maximum absolute atomic E-state index is 13.4. The molecule has 1 fully saturated rings. The summed E-state index contributed by atoms with van der Waals surface area (Å²) in [6.45, 7) is 1.29. The second-order valence-corrected chi connectivity index (χ2v) is 6.87. The van der Waals surface area contributed by atoms with E-state index in [0.29, 0.717) is 36.8 Å². The largest absolute Gasteiger partial charge is 0.416 e. The van der Waals surface area contributed by atoms with E-state index in [-0.39, 0.29) is 17.7 Å². The molecule has 1 N–H and O–H groups in total. The second-order valence-electron chi connectivity index (χ2n) is 6.87. The molecular formula is C20H17F4N3O. The van der Waals surface area contributed by atoms with Crippen molar-refractivity contribution in [2.75, 3.05) is 13.1 Å². The van der Waals surface area contributed by atoms with E-state index in [9.17, 15) is 17.6 Å². The zero-order chi connectivity index (χ0) is 19.7. The Kier molecular flexibility index (Phi) is 4.89. The van der Waals surface area contributed by atoms with Crippen LogP contribution in [0.5, 0.6) is 0 Å². The number of hydrogen-bond donors (Lipinski definition) is 1. The number of benzene rings is 2. The molecule has 0 spiro atoms. The normalized spacial score (nSPS) is 20.3. The van der Waals surface area contributed by atoms with Crippen LogP contribution in [0.1, 0.15) is 35.3 Å². The van der Waals surface area contributed by atoms with Crippen LogP contribution in [0.2, 0.25) is 0 Å². The number of nitrogens with zero attached hydrogens (tertiary/aromatic N) is 2. The molecule has 8 heteroatoms. The molecule has 2 aromatic carbocycles. The van der Waals surface area contributed by atoms with Crippen molar-refractivity contribution in [3.05, 3.63) is 71.4 Å². The van der Waals surface area contributed by atoms with Gasteiger partial charge in [0.25, 0.3) is 0 Å². The monoisotopic (exact) mass is 391 g/mol. The highest BCUT2D eigenvalue weighted by Crippen LogP contribution is 2.35. The van der Waals surface area contributed by atoms with E-state index in [4.69, 9.17) is 4.52 Å². The molecule has 1 saturated heterocycles. The van der Waals surface area contributed by atoms with Crippen molar-refractivity contribution < 1.29 is 22.1 Å². The molecule has 4 rings (SSSR count). The van der Waals surface area contributed by atoms with Crippen molar-refractivity contribution >= 4 is 0 Å². The number of halogens is 4. The third-order valence-electron chi connectivity index (χ3n) is 4.93. The number of piperidine rings is 1. The van der Waals surface area contributed by atoms with Crippen molar-refractivity contribution in [1.29, 1.82) is 0 Å². The maximum Gasteiger partial charge on any atom is 0.416 e. The third kappa shape index (κ3) is 3.91. The standard InChI is InChI=1S/C20H17F4N3O/c21-17-3-1-2-13(9-17)18-26-19(28-27-18)15-8-14(10-25-11-15)12-4-6-16(7-5-12)20(22,23)24/h1-7,9,14-15,25H,8,10-11H2. The van der Waals surface area contributed by atoms with Crippen LogP contribution in [-0.4, -0.2) is 23.2 Å². The molecule has 1 aliphatic rings. The molecule has 2 unspecified atom stereocenters. The number of rotatable bonds is 3. The summed E-state index contributed by atoms with van der Waals surface area (Å²) < 4.78 is 57.0. The van der Waals surface area contributed by atoms with Crippen molar-refractivity contribution in [1.82, 2.24) is 15.5 Å². The summed E-state index contributed by atoms with van der Waals surface area (Å²) in [5.74, 6) is 0.321. The SMILES string of the molecule is Fc1cccc(-c2noc(C3CNCC(c4ccc(C(F)(F)F)cc4)C3)n2)c1. The predicted molar refractivity (Wildman–Crippen MR) is 94.1 cm³/mol. The second kappa shape index (κ2) is 7.35. The maximum atomic E-state index is 13.4. The van der Waals surface area contributed by atoms with E-state index in [2.05, 4.69) is 15.5 Å². The Morgan fingerprint density at radius 1 is 1.00 bits per heavy atom. The molecule has 0 bridgehead atoms. The fraction of sp³-hybridized carbons (Fsp3) is 0.300. The molecule has 2 atom stereocenters. The number of nitrogens with one attached hydrogen (secondary N) is 1. The third-order valence-corrected chi connectivity index (χ3v) is 4.93. The summed E-state index contributed by atoms with van der Waals surface area (Å²) in [5, 5.41) is 7.21. The van der Waals surface area contributed by atoms with Crippen LogP contribution in [0.25, 0.3) is 11.4 Å². The summed E-state index contributed by atoms with van der Waals surface area (Å²) in [4.78, 5) is 4.39. The van der Waals surface area contributed by atoms with E-state index < -0.39 is 11.7 Å². The van der Waals surface area contributed by atoms with Crippen LogP contribution in [0.3, 0.4) is 0 Å². The van der Waals surface area contributed by atoms with Gasteiger partial charge >= 0.3 is 6.18 Å². The van der Waals surface area contributed by atoms with Gasteiger partial charge in [0.15, 0.2) is 0 Å². The Balaban J connectivity index is 1.50. The summed E-state index contributed by atoms with van der Waals surface area (Å²) in [6.07, 6.45) is -3.67. The van der Waals surface area contributed by atoms with Gasteiger partial charge in [-0.15, -0.1) is 0 Å². The Hall–Kier alpha value is -2.74. The molecule has 3 aromatic rings. The molecule has 2 heterocycles. The van der Waals surface area contributed by atoms with Gasteiger partial charge in [0.05, 0.1) is 11.5 Å². The van der Waals surface area contributed by atoms with Crippen LogP contribution in [0.4, 0.5) is 17.6 Å². The fourth-order valence-corrected chi connectivity index (χ4v) is 3.47. The van der Waals surface area contributed by atoms with Gasteiger partial charge in [0.2, 0.25) is 11.7 Å². The first-order valence-corrected chi connectivity index (χ1v) is 8.87. The average Bonchev–Trinajstić information content (AvgIpc) is 3.18. The number of alkyl halides is 3. The Morgan fingerprint density at radius 3 is 2.46 bits per heavy atom. The molecule has 1 aromatic heterocycles. The van der Waals surface area contributed by atoms with Crippen molar-refractivity contribution in [2.24, 2.45) is 0 Å². The van der Waals surface area contributed by atoms with Gasteiger partial charge < -0.3 is 9.84 Å². The van der Waals surface area contributed by atoms with Crippen LogP contribution < -0.4 is 5.32 Å². The Labute approximate surface area is 158 Å². The van der Waals surface area contributed by atoms with Gasteiger partial charge in [-0.05, 0) is 42.2 Å². The zero-order valence-corrected chi connectivity index (χ0v) is 14.7. The van der Waals surface area contributed by atoms with Crippen LogP contribution in [0, 0.1) is 5.82 Å². The smallest absolute Gasteiger partial charge is 0.339 e. The van der Waals surface area contributed by atoms with E-state index >= 15 is 0 Å². The Bertz CT molecular complexity index is 953. The molecule has 0 amide bonds. The lowest BCUT2D eigenvalue weighted by atomic mass is 9.85. The lowest BCUT2D eigenvalue weighted by Crippen LogP contribution is -2.34. The van der Waals surface area contributed by atoms with Gasteiger partial charge in [0, 0.05) is 18.7 Å². The first kappa shape index (κ1) is 18.6. The highest BCUT2D eigenvalue weighted by atomic mass is 19.4. The first-order valence-electron chi connectivity index (χ1n) is 8.87. The highest BCUT2D eigenvalue weighted by Gasteiger charge is 2.32. The van der Waals surface area contributed by atoms with Gasteiger partial charge in [-0.25, -0.2) is 4.39 Å². The molecular weight excluding hydrogens is 374 g/mol. The summed E-state index contributed by atoms with van der Waals surface area (Å²) in [6, 6.07) is 11.2. The molecule has 0 aliphatic carbocycles. The number of aromatic nitrogens is 2. The van der Waals surface area contributed by atoms with Gasteiger partial charge in [-0.2, -0.15) is 18.2 Å². The van der Waals surface area contributed by atoms with Crippen molar-refractivity contribution in [3.8, 4) is 11.4 Å². The molecule has 0 radical (unpaired) electrons. The predicted octanol–water partition coefficient (Wildman–Crippen LogP) is 4.76. The molecule has 4 nitrogen and oxygen atoms in total. The van der Waals surface area contributed by atoms with Crippen LogP contribution >= 0.6 is 0 Å². The zero-order valence-electron chi connectivity index (χ0n) is 14.7. The molecule has 146 valence electrons. The van der Waals surface area contributed by atoms with Crippen molar-refractivity contribution in [3.63, 3.8) is 0 Å². The van der Waals surface area contributed by atoms with E-state index in [0.717, 1.165) is 17.7 Å².